The Bertz CT molecular complexity index is 1840. The van der Waals surface area contributed by atoms with Crippen LogP contribution in [0.2, 0.25) is 5.02 Å². The highest BCUT2D eigenvalue weighted by atomic mass is 35.5. The number of allylic oxidation sites excluding steroid dienone is 2. The first-order valence-corrected chi connectivity index (χ1v) is 18.6. The molecule has 0 spiro atoms. The fourth-order valence-electron chi connectivity index (χ4n) is 4.98. The van der Waals surface area contributed by atoms with Crippen molar-refractivity contribution < 1.29 is 30.5 Å². The van der Waals surface area contributed by atoms with Gasteiger partial charge in [-0.25, -0.2) is 0 Å². The molecule has 0 aliphatic carbocycles. The normalized spacial score (nSPS) is 15.3. The van der Waals surface area contributed by atoms with Gasteiger partial charge in [-0.05, 0) is 59.9 Å². The Hall–Kier alpha value is -2.55. The average molecular weight is 692 g/mol. The van der Waals surface area contributed by atoms with Gasteiger partial charge in [-0.2, -0.15) is 17.2 Å². The molecule has 44 heavy (non-hydrogen) atoms. The first-order chi connectivity index (χ1) is 21.1. The quantitative estimate of drug-likeness (QED) is 0.0640. The molecule has 3 aromatic carbocycles. The number of aromatic nitrogens is 1. The predicted molar refractivity (Wildman–Crippen MR) is 181 cm³/mol. The summed E-state index contributed by atoms with van der Waals surface area (Å²) in [6.07, 6.45) is 5.84. The first kappa shape index (κ1) is 32.8. The maximum absolute atomic E-state index is 11.5. The van der Waals surface area contributed by atoms with Gasteiger partial charge < -0.3 is 4.90 Å². The molecule has 1 aromatic heterocycles. The highest BCUT2D eigenvalue weighted by Gasteiger charge is 2.26. The van der Waals surface area contributed by atoms with Gasteiger partial charge in [-0.1, -0.05) is 78.0 Å². The lowest BCUT2D eigenvalue weighted by molar-refractivity contribution is -0.668. The second-order valence-electron chi connectivity index (χ2n) is 10.1. The van der Waals surface area contributed by atoms with Crippen LogP contribution in [0.5, 0.6) is 0 Å². The van der Waals surface area contributed by atoms with Crippen LogP contribution in [0.4, 0.5) is 5.69 Å². The zero-order valence-electron chi connectivity index (χ0n) is 23.9. The Morgan fingerprint density at radius 2 is 1.89 bits per heavy atom. The highest BCUT2D eigenvalue weighted by molar-refractivity contribution is 8.03. The van der Waals surface area contributed by atoms with Gasteiger partial charge in [-0.15, -0.1) is 0 Å². The Morgan fingerprint density at radius 1 is 1.09 bits per heavy atom. The minimum absolute atomic E-state index is 0.139. The van der Waals surface area contributed by atoms with Crippen LogP contribution in [-0.2, 0) is 32.2 Å². The van der Waals surface area contributed by atoms with Crippen molar-refractivity contribution in [2.75, 3.05) is 23.8 Å². The van der Waals surface area contributed by atoms with E-state index >= 15 is 0 Å². The lowest BCUT2D eigenvalue weighted by Gasteiger charge is -2.20. The van der Waals surface area contributed by atoms with E-state index in [9.17, 15) is 17.2 Å². The molecule has 0 amide bonds. The molecule has 2 heterocycles. The van der Waals surface area contributed by atoms with Crippen LogP contribution >= 0.6 is 34.7 Å². The van der Waals surface area contributed by atoms with Crippen molar-refractivity contribution in [2.24, 2.45) is 0 Å². The summed E-state index contributed by atoms with van der Waals surface area (Å²) in [4.78, 5) is 3.22. The summed E-state index contributed by atoms with van der Waals surface area (Å²) in [5.74, 6) is -0.316. The summed E-state index contributed by atoms with van der Waals surface area (Å²) in [5, 5.41) is 2.61. The molecular weight excluding hydrogens is 660 g/mol. The van der Waals surface area contributed by atoms with Gasteiger partial charge in [0.1, 0.15) is 4.70 Å². The lowest BCUT2D eigenvalue weighted by atomic mass is 10.1. The topological polar surface area (TPSA) is 108 Å². The van der Waals surface area contributed by atoms with E-state index in [1.54, 1.807) is 23.1 Å². The van der Waals surface area contributed by atoms with Crippen LogP contribution in [0.15, 0.2) is 88.3 Å². The number of thiazole rings is 1. The standard InChI is InChI=1S/C31H31ClN2O6S4/c1-2-22(18-30-33(14-6-16-40-43(35)36)27-21-25(32)11-13-29(27)42-30)19-31-34(15-7-17-44(37,38)39)26-20-24(10-12-28(26)41-31)23-8-4-3-5-9-23/h3-5,8-13,18-21H,2,6-7,14-17H2,1H3,(H-,35,36,37,38,39)/p+1. The molecule has 5 rings (SSSR count). The molecule has 0 fully saturated rings. The van der Waals surface area contributed by atoms with Crippen LogP contribution in [0, 0.1) is 0 Å². The number of fused-ring (bicyclic) bond motifs is 2. The van der Waals surface area contributed by atoms with E-state index in [2.05, 4.69) is 58.9 Å². The molecule has 4 aromatic rings. The van der Waals surface area contributed by atoms with E-state index in [0.717, 1.165) is 54.0 Å². The van der Waals surface area contributed by atoms with Crippen molar-refractivity contribution in [1.82, 2.24) is 0 Å². The maximum Gasteiger partial charge on any atom is 0.301 e. The largest absolute Gasteiger partial charge is 0.335 e. The van der Waals surface area contributed by atoms with E-state index in [1.807, 2.05) is 36.4 Å². The van der Waals surface area contributed by atoms with Gasteiger partial charge in [0.15, 0.2) is 6.54 Å². The smallest absolute Gasteiger partial charge is 0.301 e. The number of hydrogen-bond acceptors (Lipinski definition) is 7. The first-order valence-electron chi connectivity index (χ1n) is 14.0. The molecule has 232 valence electrons. The molecule has 13 heteroatoms. The minimum atomic E-state index is -4.08. The summed E-state index contributed by atoms with van der Waals surface area (Å²) in [6, 6.07) is 22.2. The molecule has 0 saturated heterocycles. The van der Waals surface area contributed by atoms with Crippen molar-refractivity contribution in [3.05, 3.63) is 93.4 Å². The predicted octanol–water partition coefficient (Wildman–Crippen LogP) is 7.58. The van der Waals surface area contributed by atoms with Crippen LogP contribution in [0.25, 0.3) is 27.4 Å². The molecule has 1 atom stereocenters. The second-order valence-corrected chi connectivity index (χ2v) is 14.9. The molecule has 2 N–H and O–H groups in total. The molecule has 1 unspecified atom stereocenters. The summed E-state index contributed by atoms with van der Waals surface area (Å²) in [7, 11) is -4.08. The highest BCUT2D eigenvalue weighted by Crippen LogP contribution is 2.47. The molecule has 0 bridgehead atoms. The van der Waals surface area contributed by atoms with Crippen molar-refractivity contribution in [3.8, 4) is 11.1 Å². The molecular formula is C31H32ClN2O6S4+. The van der Waals surface area contributed by atoms with Crippen molar-refractivity contribution >= 4 is 78.2 Å². The van der Waals surface area contributed by atoms with Crippen LogP contribution < -0.4 is 9.47 Å². The van der Waals surface area contributed by atoms with Crippen molar-refractivity contribution in [1.29, 1.82) is 0 Å². The number of aryl methyl sites for hydroxylation is 1. The van der Waals surface area contributed by atoms with Crippen LogP contribution in [-0.4, -0.2) is 40.6 Å². The summed E-state index contributed by atoms with van der Waals surface area (Å²) in [5.41, 5.74) is 5.21. The Labute approximate surface area is 273 Å². The van der Waals surface area contributed by atoms with E-state index < -0.39 is 21.5 Å². The number of nitrogens with zero attached hydrogens (tertiary/aromatic N) is 2. The van der Waals surface area contributed by atoms with E-state index in [4.69, 9.17) is 20.3 Å². The number of hydrogen-bond donors (Lipinski definition) is 2. The molecule has 8 nitrogen and oxygen atoms in total. The Morgan fingerprint density at radius 3 is 2.61 bits per heavy atom. The van der Waals surface area contributed by atoms with Gasteiger partial charge in [-0.3, -0.25) is 13.3 Å². The Kier molecular flexibility index (Phi) is 11.0. The number of thioether (sulfide) groups is 1. The number of halogens is 1. The lowest BCUT2D eigenvalue weighted by Crippen LogP contribution is -2.36. The SMILES string of the molecule is CCC(=Cc1sc2ccc(-c3ccccc3)cc2[n+]1CCCS(=O)(=O)O)C=C1Sc2ccc(Cl)cc2N1CCCOS(=O)O. The third-order valence-electron chi connectivity index (χ3n) is 7.05. The molecule has 1 aliphatic rings. The van der Waals surface area contributed by atoms with Crippen LogP contribution in [0.1, 0.15) is 31.2 Å². The third kappa shape index (κ3) is 8.38. The van der Waals surface area contributed by atoms with Crippen molar-refractivity contribution in [3.63, 3.8) is 0 Å². The zero-order chi connectivity index (χ0) is 31.3. The monoisotopic (exact) mass is 691 g/mol. The Balaban J connectivity index is 1.52. The number of anilines is 1. The fraction of sp³-hybridized carbons (Fsp3) is 0.258. The fourth-order valence-corrected chi connectivity index (χ4v) is 8.19. The maximum atomic E-state index is 11.5. The van der Waals surface area contributed by atoms with Gasteiger partial charge in [0.25, 0.3) is 15.1 Å². The minimum Gasteiger partial charge on any atom is -0.335 e. The molecule has 1 aliphatic heterocycles. The molecule has 0 radical (unpaired) electrons. The summed E-state index contributed by atoms with van der Waals surface area (Å²) >= 11 is 7.30. The zero-order valence-corrected chi connectivity index (χ0v) is 27.9. The van der Waals surface area contributed by atoms with Crippen molar-refractivity contribution in [2.45, 2.75) is 37.6 Å². The van der Waals surface area contributed by atoms with E-state index in [0.29, 0.717) is 24.5 Å². The van der Waals surface area contributed by atoms with Gasteiger partial charge in [0.2, 0.25) is 5.52 Å². The second kappa shape index (κ2) is 14.7. The summed E-state index contributed by atoms with van der Waals surface area (Å²) in [6.45, 7) is 3.22. The van der Waals surface area contributed by atoms with Gasteiger partial charge in [0.05, 0.1) is 23.1 Å². The molecule has 0 saturated carbocycles. The van der Waals surface area contributed by atoms with E-state index in [1.165, 1.54) is 0 Å². The van der Waals surface area contributed by atoms with Gasteiger partial charge in [0, 0.05) is 35.0 Å². The van der Waals surface area contributed by atoms with Crippen LogP contribution in [0.3, 0.4) is 0 Å². The summed E-state index contributed by atoms with van der Waals surface area (Å²) < 4.78 is 60.4. The average Bonchev–Trinajstić information content (AvgIpc) is 3.50. The van der Waals surface area contributed by atoms with Gasteiger partial charge >= 0.3 is 11.4 Å². The number of rotatable bonds is 13. The van der Waals surface area contributed by atoms with E-state index in [-0.39, 0.29) is 18.8 Å². The number of benzene rings is 3. The third-order valence-corrected chi connectivity index (χ3v) is 10.7.